The summed E-state index contributed by atoms with van der Waals surface area (Å²) in [5, 5.41) is 4.46. The van der Waals surface area contributed by atoms with Crippen LogP contribution in [0.15, 0.2) is 60.7 Å². The molecule has 2 atom stereocenters. The average Bonchev–Trinajstić information content (AvgIpc) is 3.16. The van der Waals surface area contributed by atoms with Gasteiger partial charge in [-0.3, -0.25) is 4.79 Å². The number of carbonyl (C=O) groups is 1. The molecule has 0 saturated carbocycles. The fourth-order valence-electron chi connectivity index (χ4n) is 5.49. The number of hydrogen-bond donors (Lipinski definition) is 1. The summed E-state index contributed by atoms with van der Waals surface area (Å²) in [6.07, 6.45) is 6.46. The summed E-state index contributed by atoms with van der Waals surface area (Å²) in [5.41, 5.74) is 3.36. The van der Waals surface area contributed by atoms with Gasteiger partial charge in [-0.2, -0.15) is 0 Å². The van der Waals surface area contributed by atoms with Crippen molar-refractivity contribution in [2.24, 2.45) is 5.92 Å². The van der Waals surface area contributed by atoms with Crippen LogP contribution in [0.1, 0.15) is 32.1 Å². The van der Waals surface area contributed by atoms with Crippen molar-refractivity contribution in [3.8, 4) is 11.3 Å². The van der Waals surface area contributed by atoms with Gasteiger partial charge in [-0.1, -0.05) is 55.0 Å². The quantitative estimate of drug-likeness (QED) is 0.673. The van der Waals surface area contributed by atoms with E-state index >= 15 is 0 Å². The molecule has 156 valence electrons. The van der Waals surface area contributed by atoms with E-state index in [0.29, 0.717) is 18.5 Å². The molecule has 2 aliphatic rings. The van der Waals surface area contributed by atoms with Crippen molar-refractivity contribution in [2.45, 2.75) is 44.7 Å². The number of rotatable bonds is 5. The molecule has 1 N–H and O–H groups in total. The van der Waals surface area contributed by atoms with E-state index in [1.165, 1.54) is 50.6 Å². The van der Waals surface area contributed by atoms with Crippen LogP contribution in [0, 0.1) is 5.92 Å². The third-order valence-electron chi connectivity index (χ3n) is 6.97. The first-order valence-corrected chi connectivity index (χ1v) is 11.4. The summed E-state index contributed by atoms with van der Waals surface area (Å²) in [7, 11) is 0. The molecule has 2 saturated heterocycles. The van der Waals surface area contributed by atoms with Crippen LogP contribution in [0.25, 0.3) is 22.2 Å². The van der Waals surface area contributed by atoms with Crippen LogP contribution >= 0.6 is 0 Å². The lowest BCUT2D eigenvalue weighted by molar-refractivity contribution is -0.122. The molecule has 0 aliphatic carbocycles. The molecule has 4 nitrogen and oxygen atoms in total. The predicted octanol–water partition coefficient (Wildman–Crippen LogP) is 4.69. The van der Waals surface area contributed by atoms with Gasteiger partial charge in [0.2, 0.25) is 5.91 Å². The van der Waals surface area contributed by atoms with Gasteiger partial charge in [0.05, 0.1) is 0 Å². The molecule has 1 amide bonds. The maximum atomic E-state index is 13.0. The van der Waals surface area contributed by atoms with Gasteiger partial charge in [-0.25, -0.2) is 0 Å². The summed E-state index contributed by atoms with van der Waals surface area (Å²) in [5.74, 6) is 0.708. The van der Waals surface area contributed by atoms with E-state index < -0.39 is 0 Å². The first-order valence-electron chi connectivity index (χ1n) is 11.4. The summed E-state index contributed by atoms with van der Waals surface area (Å²) in [6.45, 7) is 3.65. The fourth-order valence-corrected chi connectivity index (χ4v) is 5.49. The van der Waals surface area contributed by atoms with E-state index in [-0.39, 0.29) is 5.91 Å². The van der Waals surface area contributed by atoms with Crippen molar-refractivity contribution in [3.05, 3.63) is 60.7 Å². The number of carbonyl (C=O) groups excluding carboxylic acids is 1. The second-order valence-corrected chi connectivity index (χ2v) is 8.85. The maximum absolute atomic E-state index is 13.0. The van der Waals surface area contributed by atoms with Gasteiger partial charge in [0.1, 0.15) is 6.54 Å². The van der Waals surface area contributed by atoms with Crippen molar-refractivity contribution in [1.29, 1.82) is 0 Å². The highest BCUT2D eigenvalue weighted by atomic mass is 16.1. The average molecular weight is 402 g/mol. The lowest BCUT2D eigenvalue weighted by atomic mass is 9.83. The second kappa shape index (κ2) is 8.65. The first-order chi connectivity index (χ1) is 14.8. The Labute approximate surface area is 178 Å². The molecule has 0 bridgehead atoms. The number of amides is 1. The molecule has 5 rings (SSSR count). The number of fused-ring (bicyclic) bond motifs is 2. The minimum Gasteiger partial charge on any atom is -0.354 e. The zero-order chi connectivity index (χ0) is 20.3. The molecular weight excluding hydrogens is 370 g/mol. The molecular formula is C26H31N3O. The third kappa shape index (κ3) is 3.89. The molecule has 3 heterocycles. The molecule has 0 spiro atoms. The lowest BCUT2D eigenvalue weighted by Gasteiger charge is -2.44. The molecule has 0 radical (unpaired) electrons. The highest BCUT2D eigenvalue weighted by molar-refractivity contribution is 5.89. The maximum Gasteiger partial charge on any atom is 0.239 e. The number of aromatic nitrogens is 1. The van der Waals surface area contributed by atoms with E-state index in [0.717, 1.165) is 23.3 Å². The second-order valence-electron chi connectivity index (χ2n) is 8.85. The van der Waals surface area contributed by atoms with E-state index in [9.17, 15) is 4.79 Å². The van der Waals surface area contributed by atoms with Crippen molar-refractivity contribution in [2.75, 3.05) is 19.6 Å². The Morgan fingerprint density at radius 2 is 1.73 bits per heavy atom. The summed E-state index contributed by atoms with van der Waals surface area (Å²) in [4.78, 5) is 15.7. The van der Waals surface area contributed by atoms with Gasteiger partial charge >= 0.3 is 0 Å². The Bertz CT molecular complexity index is 1010. The Hall–Kier alpha value is -2.59. The standard InChI is InChI=1S/C26H31N3O/c30-26(27-18-22-12-8-16-28-15-7-6-13-23(22)28)19-29-24-14-5-4-11-21(24)17-25(29)20-9-2-1-3-10-20/h1-5,9-11,14,17,22-23H,6-8,12-13,15-16,18-19H2,(H,27,30)/t22-,23+/m0/s1. The number of para-hydroxylation sites is 1. The molecule has 30 heavy (non-hydrogen) atoms. The third-order valence-corrected chi connectivity index (χ3v) is 6.97. The van der Waals surface area contributed by atoms with Gasteiger partial charge in [0.15, 0.2) is 0 Å². The van der Waals surface area contributed by atoms with Gasteiger partial charge in [-0.15, -0.1) is 0 Å². The van der Waals surface area contributed by atoms with E-state index in [1.807, 2.05) is 12.1 Å². The van der Waals surface area contributed by atoms with Crippen molar-refractivity contribution in [1.82, 2.24) is 14.8 Å². The van der Waals surface area contributed by atoms with Crippen LogP contribution in [-0.4, -0.2) is 41.1 Å². The molecule has 0 unspecified atom stereocenters. The molecule has 2 aliphatic heterocycles. The van der Waals surface area contributed by atoms with E-state index in [2.05, 4.69) is 63.3 Å². The van der Waals surface area contributed by atoms with E-state index in [1.54, 1.807) is 0 Å². The van der Waals surface area contributed by atoms with Gasteiger partial charge in [0, 0.05) is 29.2 Å². The van der Waals surface area contributed by atoms with Crippen LogP contribution in [0.5, 0.6) is 0 Å². The SMILES string of the molecule is O=C(Cn1c(-c2ccccc2)cc2ccccc21)NC[C@@H]1CCCN2CCCC[C@H]12. The largest absolute Gasteiger partial charge is 0.354 e. The fraction of sp³-hybridized carbons (Fsp3) is 0.423. The predicted molar refractivity (Wildman–Crippen MR) is 122 cm³/mol. The minimum atomic E-state index is 0.112. The van der Waals surface area contributed by atoms with E-state index in [4.69, 9.17) is 0 Å². The highest BCUT2D eigenvalue weighted by Gasteiger charge is 2.32. The van der Waals surface area contributed by atoms with Gasteiger partial charge < -0.3 is 14.8 Å². The molecule has 1 aromatic heterocycles. The number of nitrogens with one attached hydrogen (secondary N) is 1. The molecule has 2 aromatic carbocycles. The van der Waals surface area contributed by atoms with Crippen molar-refractivity contribution < 1.29 is 4.79 Å². The lowest BCUT2D eigenvalue weighted by Crippen LogP contribution is -2.51. The smallest absolute Gasteiger partial charge is 0.239 e. The zero-order valence-corrected chi connectivity index (χ0v) is 17.6. The van der Waals surface area contributed by atoms with Crippen LogP contribution in [-0.2, 0) is 11.3 Å². The normalized spacial score (nSPS) is 22.0. The monoisotopic (exact) mass is 401 g/mol. The molecule has 4 heteroatoms. The Morgan fingerprint density at radius 3 is 2.63 bits per heavy atom. The Kier molecular flexibility index (Phi) is 5.58. The Balaban J connectivity index is 1.32. The number of hydrogen-bond acceptors (Lipinski definition) is 2. The Morgan fingerprint density at radius 1 is 0.933 bits per heavy atom. The topological polar surface area (TPSA) is 37.3 Å². The number of nitrogens with zero attached hydrogens (tertiary/aromatic N) is 2. The van der Waals surface area contributed by atoms with Crippen LogP contribution in [0.4, 0.5) is 0 Å². The zero-order valence-electron chi connectivity index (χ0n) is 17.6. The van der Waals surface area contributed by atoms with Crippen molar-refractivity contribution >= 4 is 16.8 Å². The van der Waals surface area contributed by atoms with Crippen molar-refractivity contribution in [3.63, 3.8) is 0 Å². The molecule has 3 aromatic rings. The van der Waals surface area contributed by atoms with Crippen LogP contribution < -0.4 is 5.32 Å². The number of benzene rings is 2. The summed E-state index contributed by atoms with van der Waals surface area (Å²) < 4.78 is 2.16. The van der Waals surface area contributed by atoms with Crippen LogP contribution in [0.3, 0.4) is 0 Å². The summed E-state index contributed by atoms with van der Waals surface area (Å²) >= 11 is 0. The highest BCUT2D eigenvalue weighted by Crippen LogP contribution is 2.31. The number of piperidine rings is 2. The summed E-state index contributed by atoms with van der Waals surface area (Å²) in [6, 6.07) is 21.6. The van der Waals surface area contributed by atoms with Crippen LogP contribution in [0.2, 0.25) is 0 Å². The minimum absolute atomic E-state index is 0.112. The van der Waals surface area contributed by atoms with Gasteiger partial charge in [0.25, 0.3) is 0 Å². The molecule has 2 fully saturated rings. The first kappa shape index (κ1) is 19.4. The van der Waals surface area contributed by atoms with Gasteiger partial charge in [-0.05, 0) is 62.4 Å².